The van der Waals surface area contributed by atoms with E-state index >= 15 is 0 Å². The van der Waals surface area contributed by atoms with Crippen LogP contribution in [-0.4, -0.2) is 142 Å². The molecule has 0 bridgehead atoms. The van der Waals surface area contributed by atoms with Crippen LogP contribution in [0.5, 0.6) is 0 Å². The predicted octanol–water partition coefficient (Wildman–Crippen LogP) is 7.27. The summed E-state index contributed by atoms with van der Waals surface area (Å²) in [4.78, 5) is 25.7. The fourth-order valence-corrected chi connectivity index (χ4v) is 7.67. The second-order valence-corrected chi connectivity index (χ2v) is 18.0. The molecule has 2 rings (SSSR count). The molecule has 15 nitrogen and oxygen atoms in total. The van der Waals surface area contributed by atoms with Crippen LogP contribution in [-0.2, 0) is 38.0 Å². The summed E-state index contributed by atoms with van der Waals surface area (Å²) in [5.41, 5.74) is 0. The minimum Gasteiger partial charge on any atom is -0.462 e. The lowest BCUT2D eigenvalue weighted by Gasteiger charge is -2.42. The number of carbonyl (C=O) groups is 2. The molecule has 0 aliphatic carbocycles. The van der Waals surface area contributed by atoms with Crippen molar-refractivity contribution in [2.24, 2.45) is 0 Å². The van der Waals surface area contributed by atoms with Gasteiger partial charge < -0.3 is 64.2 Å². The molecule has 0 aromatic carbocycles. The molecule has 2 aliphatic heterocycles. The third kappa shape index (κ3) is 27.6. The van der Waals surface area contributed by atoms with Gasteiger partial charge >= 0.3 is 11.9 Å². The maximum atomic E-state index is 13.0. The zero-order chi connectivity index (χ0) is 49.6. The zero-order valence-electron chi connectivity index (χ0n) is 41.3. The maximum Gasteiger partial charge on any atom is 0.306 e. The van der Waals surface area contributed by atoms with Crippen molar-refractivity contribution < 1.29 is 73.8 Å². The number of hydrogen-bond acceptors (Lipinski definition) is 15. The molecule has 11 atom stereocenters. The van der Waals surface area contributed by atoms with Crippen LogP contribution in [0.15, 0.2) is 60.8 Å². The average Bonchev–Trinajstić information content (AvgIpc) is 3.33. The van der Waals surface area contributed by atoms with Crippen LogP contribution in [0.1, 0.15) is 168 Å². The average molecular weight is 967 g/mol. The Balaban J connectivity index is 1.85. The molecule has 0 radical (unpaired) electrons. The molecular formula is C53H90O15. The molecule has 2 aliphatic rings. The Morgan fingerprint density at radius 3 is 1.47 bits per heavy atom. The van der Waals surface area contributed by atoms with Crippen LogP contribution in [0, 0.1) is 0 Å². The van der Waals surface area contributed by atoms with Gasteiger partial charge in [0.25, 0.3) is 0 Å². The Labute approximate surface area is 407 Å². The van der Waals surface area contributed by atoms with Gasteiger partial charge in [-0.25, -0.2) is 0 Å². The summed E-state index contributed by atoms with van der Waals surface area (Å²) < 4.78 is 33.5. The Bertz CT molecular complexity index is 1420. The number of rotatable bonds is 39. The van der Waals surface area contributed by atoms with Crippen LogP contribution >= 0.6 is 0 Å². The summed E-state index contributed by atoms with van der Waals surface area (Å²) in [5, 5.41) is 72.1. The van der Waals surface area contributed by atoms with Crippen molar-refractivity contribution in [3.8, 4) is 0 Å². The quantitative estimate of drug-likeness (QED) is 0.0183. The number of aliphatic hydroxyl groups is 7. The van der Waals surface area contributed by atoms with Crippen LogP contribution in [0.25, 0.3) is 0 Å². The monoisotopic (exact) mass is 967 g/mol. The van der Waals surface area contributed by atoms with E-state index in [-0.39, 0.29) is 19.4 Å². The Hall–Kier alpha value is -2.80. The first-order valence-corrected chi connectivity index (χ1v) is 25.9. The zero-order valence-corrected chi connectivity index (χ0v) is 41.3. The van der Waals surface area contributed by atoms with Crippen molar-refractivity contribution in [2.75, 3.05) is 26.4 Å². The highest BCUT2D eigenvalue weighted by molar-refractivity contribution is 5.70. The summed E-state index contributed by atoms with van der Waals surface area (Å²) >= 11 is 0. The first-order valence-electron chi connectivity index (χ1n) is 25.9. The van der Waals surface area contributed by atoms with Gasteiger partial charge in [0.15, 0.2) is 18.7 Å². The second kappa shape index (κ2) is 39.9. The number of carbonyl (C=O) groups excluding carboxylic acids is 2. The van der Waals surface area contributed by atoms with E-state index in [0.717, 1.165) is 64.2 Å². The summed E-state index contributed by atoms with van der Waals surface area (Å²) in [6, 6.07) is 0. The summed E-state index contributed by atoms with van der Waals surface area (Å²) in [6.45, 7) is 2.48. The van der Waals surface area contributed by atoms with E-state index in [9.17, 15) is 45.3 Å². The number of unbranched alkanes of at least 4 members (excludes halogenated alkanes) is 15. The molecule has 0 amide bonds. The first-order chi connectivity index (χ1) is 33.0. The molecule has 0 aromatic rings. The van der Waals surface area contributed by atoms with Gasteiger partial charge in [0.1, 0.15) is 55.4 Å². The fourth-order valence-electron chi connectivity index (χ4n) is 7.67. The van der Waals surface area contributed by atoms with E-state index in [1.807, 2.05) is 12.2 Å². The third-order valence-corrected chi connectivity index (χ3v) is 12.0. The van der Waals surface area contributed by atoms with Crippen molar-refractivity contribution in [1.29, 1.82) is 0 Å². The Morgan fingerprint density at radius 2 is 0.897 bits per heavy atom. The standard InChI is InChI=1S/C53H90O15/c1-3-5-7-9-11-13-15-17-19-20-22-24-26-28-30-32-34-36-45(56)66-41(38-63-44(55)35-33-31-29-27-25-23-21-18-16-14-12-10-8-6-4-2)39-64-52-51(62)49(60)47(58)43(68-52)40-65-53-50(61)48(59)46(57)42(37-54)67-53/h11,13,17-19,21-22,24,28,30,41-43,46-54,57-62H,3-10,12,14-16,20,23,25-27,29,31-40H2,1-2H3/b13-11+,19-17+,21-18+,24-22+,30-28+/t41-,42+,43+,46-,47-,48?,49?,50?,51?,52+,53+/m1/s1. The predicted molar refractivity (Wildman–Crippen MR) is 261 cm³/mol. The molecule has 68 heavy (non-hydrogen) atoms. The SMILES string of the molecule is CCCCC/C=C/C/C=C/C/C=C/C/C=C/CCCC(=O)O[C@H](COC(=O)CCCCCCC/C=C/CCCCCCCC)CO[C@H]1O[C@@H](CO[C@H]2O[C@@H](CO)[C@@H](O)C(O)C2O)[C@@H](O)C(O)C1O. The van der Waals surface area contributed by atoms with Crippen LogP contribution in [0.4, 0.5) is 0 Å². The molecule has 0 saturated carbocycles. The van der Waals surface area contributed by atoms with Gasteiger partial charge in [-0.15, -0.1) is 0 Å². The number of ether oxygens (including phenoxy) is 6. The van der Waals surface area contributed by atoms with Gasteiger partial charge in [0, 0.05) is 12.8 Å². The van der Waals surface area contributed by atoms with Gasteiger partial charge in [-0.05, 0) is 77.0 Å². The fraction of sp³-hybridized carbons (Fsp3) is 0.774. The lowest BCUT2D eigenvalue weighted by molar-refractivity contribution is -0.332. The lowest BCUT2D eigenvalue weighted by atomic mass is 9.98. The van der Waals surface area contributed by atoms with E-state index in [2.05, 4.69) is 62.5 Å². The van der Waals surface area contributed by atoms with Crippen LogP contribution in [0.3, 0.4) is 0 Å². The largest absolute Gasteiger partial charge is 0.462 e. The minimum absolute atomic E-state index is 0.0855. The Kier molecular flexibility index (Phi) is 36.0. The molecule has 4 unspecified atom stereocenters. The molecule has 7 N–H and O–H groups in total. The molecule has 2 saturated heterocycles. The third-order valence-electron chi connectivity index (χ3n) is 12.0. The van der Waals surface area contributed by atoms with Gasteiger partial charge in [0.2, 0.25) is 0 Å². The molecule has 2 heterocycles. The smallest absolute Gasteiger partial charge is 0.306 e. The normalized spacial score (nSPS) is 26.2. The number of aliphatic hydroxyl groups excluding tert-OH is 7. The van der Waals surface area contributed by atoms with E-state index in [1.54, 1.807) is 0 Å². The first kappa shape index (κ1) is 61.3. The van der Waals surface area contributed by atoms with Gasteiger partial charge in [-0.3, -0.25) is 9.59 Å². The molecule has 2 fully saturated rings. The number of hydrogen-bond donors (Lipinski definition) is 7. The Morgan fingerprint density at radius 1 is 0.471 bits per heavy atom. The summed E-state index contributed by atoms with van der Waals surface area (Å²) in [5.74, 6) is -1.00. The molecule has 0 aromatic heterocycles. The van der Waals surface area contributed by atoms with E-state index in [0.29, 0.717) is 19.3 Å². The van der Waals surface area contributed by atoms with Crippen molar-refractivity contribution in [3.05, 3.63) is 60.8 Å². The molecule has 392 valence electrons. The highest BCUT2D eigenvalue weighted by Crippen LogP contribution is 2.26. The summed E-state index contributed by atoms with van der Waals surface area (Å²) in [6.07, 6.45) is 28.2. The lowest BCUT2D eigenvalue weighted by Crippen LogP contribution is -2.61. The minimum atomic E-state index is -1.78. The van der Waals surface area contributed by atoms with Crippen LogP contribution in [0.2, 0.25) is 0 Å². The van der Waals surface area contributed by atoms with Gasteiger partial charge in [0.05, 0.1) is 19.8 Å². The second-order valence-electron chi connectivity index (χ2n) is 18.0. The van der Waals surface area contributed by atoms with E-state index < -0.39 is 99.3 Å². The topological polar surface area (TPSA) is 231 Å². The van der Waals surface area contributed by atoms with E-state index in [1.165, 1.54) is 57.8 Å². The van der Waals surface area contributed by atoms with Gasteiger partial charge in [-0.2, -0.15) is 0 Å². The van der Waals surface area contributed by atoms with Crippen LogP contribution < -0.4 is 0 Å². The molecule has 15 heteroatoms. The maximum absolute atomic E-state index is 13.0. The van der Waals surface area contributed by atoms with Crippen molar-refractivity contribution in [2.45, 2.75) is 235 Å². The van der Waals surface area contributed by atoms with Crippen molar-refractivity contribution >= 4 is 11.9 Å². The highest BCUT2D eigenvalue weighted by atomic mass is 16.7. The number of esters is 2. The van der Waals surface area contributed by atoms with E-state index in [4.69, 9.17) is 28.4 Å². The molecular weight excluding hydrogens is 877 g/mol. The number of allylic oxidation sites excluding steroid dienone is 10. The highest BCUT2D eigenvalue weighted by Gasteiger charge is 2.47. The summed E-state index contributed by atoms with van der Waals surface area (Å²) in [7, 11) is 0. The van der Waals surface area contributed by atoms with Crippen molar-refractivity contribution in [1.82, 2.24) is 0 Å². The molecule has 0 spiro atoms. The van der Waals surface area contributed by atoms with Gasteiger partial charge in [-0.1, -0.05) is 139 Å². The van der Waals surface area contributed by atoms with Crippen molar-refractivity contribution in [3.63, 3.8) is 0 Å².